The highest BCUT2D eigenvalue weighted by atomic mass is 16.4. The van der Waals surface area contributed by atoms with Crippen LogP contribution in [0.25, 0.3) is 0 Å². The Morgan fingerprint density at radius 2 is 1.33 bits per heavy atom. The lowest BCUT2D eigenvalue weighted by Crippen LogP contribution is -2.58. The fourth-order valence-electron chi connectivity index (χ4n) is 2.91. The van der Waals surface area contributed by atoms with Crippen LogP contribution < -0.4 is 27.4 Å². The molecule has 0 bridgehead atoms. The highest BCUT2D eigenvalue weighted by molar-refractivity contribution is 5.94. The third-order valence-electron chi connectivity index (χ3n) is 5.11. The number of nitrogens with one attached hydrogen (secondary N) is 3. The molecule has 0 aromatic heterocycles. The van der Waals surface area contributed by atoms with Crippen molar-refractivity contribution in [1.82, 2.24) is 16.0 Å². The lowest BCUT2D eigenvalue weighted by Gasteiger charge is -2.27. The number of unbranched alkanes of at least 4 members (excludes halogenated alkanes) is 1. The van der Waals surface area contributed by atoms with Crippen molar-refractivity contribution < 1.29 is 34.2 Å². The van der Waals surface area contributed by atoms with E-state index in [-0.39, 0.29) is 18.8 Å². The summed E-state index contributed by atoms with van der Waals surface area (Å²) in [5, 5.41) is 25.5. The van der Waals surface area contributed by atoms with Crippen LogP contribution in [0.5, 0.6) is 0 Å². The number of carboxylic acid groups (broad SMARTS) is 2. The first-order chi connectivity index (χ1) is 15.3. The number of nitrogens with two attached hydrogens (primary N) is 2. The first-order valence-electron chi connectivity index (χ1n) is 11.1. The van der Waals surface area contributed by atoms with Crippen LogP contribution in [0, 0.1) is 11.8 Å². The van der Waals surface area contributed by atoms with E-state index in [9.17, 15) is 29.1 Å². The van der Waals surface area contributed by atoms with Crippen LogP contribution in [0.2, 0.25) is 0 Å². The molecule has 12 nitrogen and oxygen atoms in total. The topological polar surface area (TPSA) is 214 Å². The van der Waals surface area contributed by atoms with Gasteiger partial charge in [-0.05, 0) is 44.1 Å². The van der Waals surface area contributed by atoms with E-state index in [1.54, 1.807) is 27.7 Å². The van der Waals surface area contributed by atoms with Gasteiger partial charge in [0.25, 0.3) is 0 Å². The van der Waals surface area contributed by atoms with E-state index in [1.165, 1.54) is 0 Å². The van der Waals surface area contributed by atoms with Crippen LogP contribution in [0.4, 0.5) is 0 Å². The average molecular weight is 474 g/mol. The van der Waals surface area contributed by atoms with Crippen LogP contribution >= 0.6 is 0 Å². The summed E-state index contributed by atoms with van der Waals surface area (Å²) in [5.41, 5.74) is 11.4. The minimum absolute atomic E-state index is 0.148. The highest BCUT2D eigenvalue weighted by Gasteiger charge is 2.32. The third kappa shape index (κ3) is 11.6. The average Bonchev–Trinajstić information content (AvgIpc) is 2.72. The van der Waals surface area contributed by atoms with Gasteiger partial charge in [0.05, 0.1) is 6.04 Å². The zero-order valence-electron chi connectivity index (χ0n) is 19.8. The summed E-state index contributed by atoms with van der Waals surface area (Å²) >= 11 is 0. The van der Waals surface area contributed by atoms with Crippen molar-refractivity contribution in [3.63, 3.8) is 0 Å². The molecule has 4 unspecified atom stereocenters. The van der Waals surface area contributed by atoms with Gasteiger partial charge in [-0.1, -0.05) is 27.7 Å². The van der Waals surface area contributed by atoms with E-state index in [4.69, 9.17) is 16.6 Å². The normalized spacial score (nSPS) is 14.8. The van der Waals surface area contributed by atoms with E-state index < -0.39 is 66.2 Å². The van der Waals surface area contributed by atoms with Gasteiger partial charge in [-0.15, -0.1) is 0 Å². The fraction of sp³-hybridized carbons (Fsp3) is 0.762. The number of hydrogen-bond acceptors (Lipinski definition) is 7. The second-order valence-corrected chi connectivity index (χ2v) is 8.68. The summed E-state index contributed by atoms with van der Waals surface area (Å²) in [4.78, 5) is 60.2. The van der Waals surface area contributed by atoms with Gasteiger partial charge in [-0.2, -0.15) is 0 Å². The molecule has 4 atom stereocenters. The van der Waals surface area contributed by atoms with E-state index in [0.717, 1.165) is 0 Å². The molecule has 9 N–H and O–H groups in total. The number of amides is 3. The van der Waals surface area contributed by atoms with Gasteiger partial charge in [0.1, 0.15) is 18.1 Å². The van der Waals surface area contributed by atoms with E-state index >= 15 is 0 Å². The van der Waals surface area contributed by atoms with Gasteiger partial charge in [-0.25, -0.2) is 4.79 Å². The zero-order valence-corrected chi connectivity index (χ0v) is 19.8. The minimum atomic E-state index is -1.42. The summed E-state index contributed by atoms with van der Waals surface area (Å²) in [6.45, 7) is 7.28. The van der Waals surface area contributed by atoms with Crippen molar-refractivity contribution in [2.75, 3.05) is 6.54 Å². The molecule has 0 saturated heterocycles. The molecule has 12 heteroatoms. The van der Waals surface area contributed by atoms with Crippen molar-refractivity contribution in [3.05, 3.63) is 0 Å². The lowest BCUT2D eigenvalue weighted by molar-refractivity contribution is -0.143. The molecular formula is C21H39N5O7. The second kappa shape index (κ2) is 15.2. The molecular weight excluding hydrogens is 434 g/mol. The Morgan fingerprint density at radius 1 is 0.758 bits per heavy atom. The molecule has 0 fully saturated rings. The predicted octanol–water partition coefficient (Wildman–Crippen LogP) is -0.841. The smallest absolute Gasteiger partial charge is 0.326 e. The maximum Gasteiger partial charge on any atom is 0.326 e. The Kier molecular flexibility index (Phi) is 13.9. The van der Waals surface area contributed by atoms with Crippen molar-refractivity contribution in [2.24, 2.45) is 23.3 Å². The number of aliphatic carboxylic acids is 2. The first-order valence-corrected chi connectivity index (χ1v) is 11.1. The van der Waals surface area contributed by atoms with E-state index in [0.29, 0.717) is 19.4 Å². The molecule has 0 aliphatic carbocycles. The molecule has 33 heavy (non-hydrogen) atoms. The second-order valence-electron chi connectivity index (χ2n) is 8.68. The SMILES string of the molecule is CC(C)C(N)C(=O)NC(CCCCN)C(=O)NC(C(=O)NC(CCC(=O)O)C(=O)O)C(C)C. The van der Waals surface area contributed by atoms with Gasteiger partial charge in [-0.3, -0.25) is 19.2 Å². The zero-order chi connectivity index (χ0) is 25.7. The molecule has 0 saturated carbocycles. The highest BCUT2D eigenvalue weighted by Crippen LogP contribution is 2.08. The molecule has 0 aromatic rings. The summed E-state index contributed by atoms with van der Waals surface area (Å²) < 4.78 is 0. The summed E-state index contributed by atoms with van der Waals surface area (Å²) in [5.74, 6) is -5.01. The van der Waals surface area contributed by atoms with Crippen LogP contribution in [-0.4, -0.2) is 70.6 Å². The van der Waals surface area contributed by atoms with Crippen LogP contribution in [0.15, 0.2) is 0 Å². The summed E-state index contributed by atoms with van der Waals surface area (Å²) in [6.07, 6.45) is 0.720. The third-order valence-corrected chi connectivity index (χ3v) is 5.11. The number of carboxylic acids is 2. The Morgan fingerprint density at radius 3 is 1.79 bits per heavy atom. The number of carbonyl (C=O) groups is 5. The number of carbonyl (C=O) groups excluding carboxylic acids is 3. The first kappa shape index (κ1) is 30.3. The maximum atomic E-state index is 12.9. The lowest BCUT2D eigenvalue weighted by atomic mass is 10.00. The standard InChI is InChI=1S/C21H39N5O7/c1-11(2)16(23)19(30)24-13(7-5-6-10-22)18(29)26-17(12(3)4)20(31)25-14(21(32)33)8-9-15(27)28/h11-14,16-17H,5-10,22-23H2,1-4H3,(H,24,30)(H,25,31)(H,26,29)(H,27,28)(H,32,33). The molecule has 0 aliphatic rings. The van der Waals surface area contributed by atoms with Gasteiger partial charge in [0.2, 0.25) is 17.7 Å². The number of rotatable bonds is 16. The molecule has 0 rings (SSSR count). The summed E-state index contributed by atoms with van der Waals surface area (Å²) in [6, 6.07) is -4.29. The van der Waals surface area contributed by atoms with Crippen molar-refractivity contribution >= 4 is 29.7 Å². The molecule has 0 aromatic carbocycles. The summed E-state index contributed by atoms with van der Waals surface area (Å²) in [7, 11) is 0. The van der Waals surface area contributed by atoms with Gasteiger partial charge >= 0.3 is 11.9 Å². The van der Waals surface area contributed by atoms with Crippen molar-refractivity contribution in [1.29, 1.82) is 0 Å². The monoisotopic (exact) mass is 473 g/mol. The molecule has 0 heterocycles. The molecule has 0 radical (unpaired) electrons. The Balaban J connectivity index is 5.42. The largest absolute Gasteiger partial charge is 0.481 e. The van der Waals surface area contributed by atoms with Gasteiger partial charge in [0.15, 0.2) is 0 Å². The quantitative estimate of drug-likeness (QED) is 0.139. The fourth-order valence-corrected chi connectivity index (χ4v) is 2.91. The van der Waals surface area contributed by atoms with Gasteiger partial charge < -0.3 is 37.6 Å². The maximum absolute atomic E-state index is 12.9. The Hall–Kier alpha value is -2.73. The molecule has 0 spiro atoms. The Bertz CT molecular complexity index is 684. The van der Waals surface area contributed by atoms with Gasteiger partial charge in [0, 0.05) is 6.42 Å². The molecule has 3 amide bonds. The minimum Gasteiger partial charge on any atom is -0.481 e. The van der Waals surface area contributed by atoms with Crippen LogP contribution in [-0.2, 0) is 24.0 Å². The van der Waals surface area contributed by atoms with Crippen LogP contribution in [0.1, 0.15) is 59.8 Å². The van der Waals surface area contributed by atoms with Crippen LogP contribution in [0.3, 0.4) is 0 Å². The molecule has 190 valence electrons. The van der Waals surface area contributed by atoms with E-state index in [1.807, 2.05) is 0 Å². The van der Waals surface area contributed by atoms with Crippen molar-refractivity contribution in [2.45, 2.75) is 84.0 Å². The predicted molar refractivity (Wildman–Crippen MR) is 121 cm³/mol. The number of hydrogen-bond donors (Lipinski definition) is 7. The Labute approximate surface area is 194 Å². The molecule has 0 aliphatic heterocycles. The van der Waals surface area contributed by atoms with E-state index in [2.05, 4.69) is 16.0 Å². The van der Waals surface area contributed by atoms with Crippen molar-refractivity contribution in [3.8, 4) is 0 Å².